The summed E-state index contributed by atoms with van der Waals surface area (Å²) in [5.74, 6) is -0.332. The van der Waals surface area contributed by atoms with Crippen molar-refractivity contribution in [1.82, 2.24) is 10.2 Å². The van der Waals surface area contributed by atoms with Crippen LogP contribution in [0.15, 0.2) is 10.5 Å². The van der Waals surface area contributed by atoms with Crippen molar-refractivity contribution in [3.8, 4) is 0 Å². The monoisotopic (exact) mass is 266 g/mol. The van der Waals surface area contributed by atoms with Crippen molar-refractivity contribution in [3.63, 3.8) is 0 Å². The molecule has 1 aromatic rings. The van der Waals surface area contributed by atoms with Gasteiger partial charge in [0.1, 0.15) is 5.76 Å². The van der Waals surface area contributed by atoms with Crippen molar-refractivity contribution < 1.29 is 14.3 Å². The molecule has 0 spiro atoms. The molecule has 0 saturated heterocycles. The van der Waals surface area contributed by atoms with Crippen molar-refractivity contribution in [2.45, 2.75) is 45.3 Å². The van der Waals surface area contributed by atoms with Gasteiger partial charge in [-0.2, -0.15) is 0 Å². The van der Waals surface area contributed by atoms with E-state index in [1.165, 1.54) is 12.8 Å². The number of furan rings is 1. The van der Waals surface area contributed by atoms with Crippen molar-refractivity contribution >= 4 is 5.97 Å². The first-order valence-electron chi connectivity index (χ1n) is 6.74. The van der Waals surface area contributed by atoms with E-state index >= 15 is 0 Å². The summed E-state index contributed by atoms with van der Waals surface area (Å²) in [4.78, 5) is 13.2. The second kappa shape index (κ2) is 5.75. The first kappa shape index (κ1) is 14.1. The fourth-order valence-corrected chi connectivity index (χ4v) is 2.20. The lowest BCUT2D eigenvalue weighted by Crippen LogP contribution is -2.38. The summed E-state index contributed by atoms with van der Waals surface area (Å²) in [5, 5.41) is 12.2. The summed E-state index contributed by atoms with van der Waals surface area (Å²) in [5.41, 5.74) is 0.915. The lowest BCUT2D eigenvalue weighted by atomic mass is 10.2. The Morgan fingerprint density at radius 3 is 2.84 bits per heavy atom. The van der Waals surface area contributed by atoms with Gasteiger partial charge in [0.25, 0.3) is 0 Å². The lowest BCUT2D eigenvalue weighted by Gasteiger charge is -2.24. The minimum absolute atomic E-state index is 0.0115. The highest BCUT2D eigenvalue weighted by Crippen LogP contribution is 2.26. The number of hydrogen-bond donors (Lipinski definition) is 2. The SMILES string of the molecule is Cc1oc(C(=O)O)cc1CNCC(C)N(C)C1CC1. The van der Waals surface area contributed by atoms with Crippen LogP contribution >= 0.6 is 0 Å². The molecule has 5 heteroatoms. The van der Waals surface area contributed by atoms with Crippen LogP contribution in [-0.4, -0.2) is 41.7 Å². The average molecular weight is 266 g/mol. The van der Waals surface area contributed by atoms with Gasteiger partial charge >= 0.3 is 5.97 Å². The van der Waals surface area contributed by atoms with E-state index in [0.717, 1.165) is 18.2 Å². The fraction of sp³-hybridized carbons (Fsp3) is 0.643. The maximum Gasteiger partial charge on any atom is 0.371 e. The third-order valence-corrected chi connectivity index (χ3v) is 3.80. The normalized spacial score (nSPS) is 16.8. The van der Waals surface area contributed by atoms with E-state index in [4.69, 9.17) is 9.52 Å². The zero-order valence-corrected chi connectivity index (χ0v) is 11.8. The van der Waals surface area contributed by atoms with Crippen LogP contribution in [0, 0.1) is 6.92 Å². The van der Waals surface area contributed by atoms with Gasteiger partial charge < -0.3 is 14.8 Å². The second-order valence-corrected chi connectivity index (χ2v) is 5.37. The summed E-state index contributed by atoms with van der Waals surface area (Å²) in [6.45, 7) is 5.53. The predicted molar refractivity (Wildman–Crippen MR) is 72.4 cm³/mol. The zero-order valence-electron chi connectivity index (χ0n) is 11.8. The summed E-state index contributed by atoms with van der Waals surface area (Å²) in [7, 11) is 2.16. The van der Waals surface area contributed by atoms with Crippen LogP contribution in [0.25, 0.3) is 0 Å². The topological polar surface area (TPSA) is 65.7 Å². The molecule has 0 aliphatic heterocycles. The molecule has 1 heterocycles. The van der Waals surface area contributed by atoms with Gasteiger partial charge in [0, 0.05) is 30.7 Å². The molecule has 1 saturated carbocycles. The van der Waals surface area contributed by atoms with E-state index in [2.05, 4.69) is 24.2 Å². The largest absolute Gasteiger partial charge is 0.475 e. The number of hydrogen-bond acceptors (Lipinski definition) is 4. The highest BCUT2D eigenvalue weighted by Gasteiger charge is 2.28. The van der Waals surface area contributed by atoms with Gasteiger partial charge in [-0.25, -0.2) is 4.79 Å². The minimum Gasteiger partial charge on any atom is -0.475 e. The third-order valence-electron chi connectivity index (χ3n) is 3.80. The van der Waals surface area contributed by atoms with E-state index in [9.17, 15) is 4.79 Å². The molecule has 0 bridgehead atoms. The molecule has 2 N–H and O–H groups in total. The Hall–Kier alpha value is -1.33. The Morgan fingerprint density at radius 2 is 2.32 bits per heavy atom. The van der Waals surface area contributed by atoms with Gasteiger partial charge in [0.2, 0.25) is 5.76 Å². The Kier molecular flexibility index (Phi) is 4.27. The quantitative estimate of drug-likeness (QED) is 0.788. The zero-order chi connectivity index (χ0) is 14.0. The van der Waals surface area contributed by atoms with Crippen LogP contribution < -0.4 is 5.32 Å². The fourth-order valence-electron chi connectivity index (χ4n) is 2.20. The van der Waals surface area contributed by atoms with E-state index in [0.29, 0.717) is 18.3 Å². The average Bonchev–Trinajstić information content (AvgIpc) is 3.13. The molecule has 0 radical (unpaired) electrons. The van der Waals surface area contributed by atoms with E-state index in [-0.39, 0.29) is 5.76 Å². The number of rotatable bonds is 7. The number of aromatic carboxylic acids is 1. The molecule has 0 amide bonds. The number of aryl methyl sites for hydroxylation is 1. The molecule has 1 atom stereocenters. The molecule has 1 aliphatic carbocycles. The van der Waals surface area contributed by atoms with Gasteiger partial charge in [0.15, 0.2) is 0 Å². The van der Waals surface area contributed by atoms with Gasteiger partial charge in [-0.3, -0.25) is 4.90 Å². The Balaban J connectivity index is 1.80. The van der Waals surface area contributed by atoms with Crippen LogP contribution in [0.4, 0.5) is 0 Å². The maximum atomic E-state index is 10.8. The summed E-state index contributed by atoms with van der Waals surface area (Å²) < 4.78 is 5.18. The Bertz CT molecular complexity index is 452. The van der Waals surface area contributed by atoms with E-state index < -0.39 is 5.97 Å². The second-order valence-electron chi connectivity index (χ2n) is 5.37. The van der Waals surface area contributed by atoms with E-state index in [1.807, 2.05) is 0 Å². The molecule has 1 fully saturated rings. The van der Waals surface area contributed by atoms with Crippen LogP contribution in [0.2, 0.25) is 0 Å². The summed E-state index contributed by atoms with van der Waals surface area (Å²) >= 11 is 0. The summed E-state index contributed by atoms with van der Waals surface area (Å²) in [6, 6.07) is 2.84. The van der Waals surface area contributed by atoms with Gasteiger partial charge in [-0.05, 0) is 39.8 Å². The number of carbonyl (C=O) groups is 1. The predicted octanol–water partition coefficient (Wildman–Crippen LogP) is 1.86. The van der Waals surface area contributed by atoms with Crippen molar-refractivity contribution in [1.29, 1.82) is 0 Å². The first-order chi connectivity index (χ1) is 8.99. The Morgan fingerprint density at radius 1 is 1.63 bits per heavy atom. The van der Waals surface area contributed by atoms with Gasteiger partial charge in [-0.1, -0.05) is 0 Å². The van der Waals surface area contributed by atoms with E-state index in [1.54, 1.807) is 13.0 Å². The van der Waals surface area contributed by atoms with Crippen LogP contribution in [0.3, 0.4) is 0 Å². The number of carboxylic acid groups (broad SMARTS) is 1. The van der Waals surface area contributed by atoms with Gasteiger partial charge in [0.05, 0.1) is 0 Å². The number of nitrogens with one attached hydrogen (secondary N) is 1. The van der Waals surface area contributed by atoms with Crippen LogP contribution in [0.1, 0.15) is 41.6 Å². The molecule has 5 nitrogen and oxygen atoms in total. The first-order valence-corrected chi connectivity index (χ1v) is 6.74. The van der Waals surface area contributed by atoms with Crippen LogP contribution in [-0.2, 0) is 6.54 Å². The minimum atomic E-state index is -1.02. The lowest BCUT2D eigenvalue weighted by molar-refractivity contribution is 0.0661. The molecule has 1 unspecified atom stereocenters. The molecular formula is C14H22N2O3. The molecular weight excluding hydrogens is 244 g/mol. The van der Waals surface area contributed by atoms with Crippen molar-refractivity contribution in [3.05, 3.63) is 23.2 Å². The molecule has 1 aliphatic rings. The number of likely N-dealkylation sites (N-methyl/N-ethyl adjacent to an activating group) is 1. The number of carboxylic acids is 1. The molecule has 2 rings (SSSR count). The molecule has 19 heavy (non-hydrogen) atoms. The highest BCUT2D eigenvalue weighted by molar-refractivity contribution is 5.84. The van der Waals surface area contributed by atoms with Crippen molar-refractivity contribution in [2.75, 3.05) is 13.6 Å². The van der Waals surface area contributed by atoms with Crippen molar-refractivity contribution in [2.24, 2.45) is 0 Å². The smallest absolute Gasteiger partial charge is 0.371 e. The number of nitrogens with zero attached hydrogens (tertiary/aromatic N) is 1. The standard InChI is InChI=1S/C14H22N2O3/c1-9(16(3)12-4-5-12)7-15-8-11-6-13(14(17)18)19-10(11)2/h6,9,12,15H,4-5,7-8H2,1-3H3,(H,17,18). The summed E-state index contributed by atoms with van der Waals surface area (Å²) in [6.07, 6.45) is 2.62. The van der Waals surface area contributed by atoms with Gasteiger partial charge in [-0.15, -0.1) is 0 Å². The molecule has 1 aromatic heterocycles. The molecule has 0 aromatic carbocycles. The maximum absolute atomic E-state index is 10.8. The highest BCUT2D eigenvalue weighted by atomic mass is 16.4. The third kappa shape index (κ3) is 3.58. The van der Waals surface area contributed by atoms with Crippen LogP contribution in [0.5, 0.6) is 0 Å². The molecule has 106 valence electrons. The Labute approximate surface area is 113 Å².